The molecule has 0 aromatic heterocycles. The molecule has 3 nitrogen and oxygen atoms in total. The third kappa shape index (κ3) is 4.37. The van der Waals surface area contributed by atoms with E-state index in [0.717, 1.165) is 4.18 Å². The fraction of sp³-hybridized carbons (Fsp3) is 0. The molecular weight excluding hydrogens is 107 g/mol. The maximum Gasteiger partial charge on any atom is 0.274 e. The normalized spacial score (nSPS) is 10.2. The summed E-state index contributed by atoms with van der Waals surface area (Å²) in [6, 6.07) is 0. The van der Waals surface area contributed by atoms with Gasteiger partial charge in [-0.3, -0.25) is 4.57 Å². The summed E-state index contributed by atoms with van der Waals surface area (Å²) < 4.78 is 10.1. The Morgan fingerprint density at radius 2 is 2.20 bits per heavy atom. The van der Waals surface area contributed by atoms with E-state index in [2.05, 4.69) is 18.7 Å². The minimum absolute atomic E-state index is 0.278. The molecule has 5 heteroatoms. The van der Waals surface area contributed by atoms with Gasteiger partial charge in [0.2, 0.25) is 0 Å². The van der Waals surface area contributed by atoms with E-state index >= 15 is 0 Å². The third-order valence-corrected chi connectivity index (χ3v) is 0.470. The van der Waals surface area contributed by atoms with Gasteiger partial charge in [0.25, 0.3) is 8.61 Å². The molecular formula is H3N2OPS. The molecule has 2 N–H and O–H groups in total. The van der Waals surface area contributed by atoms with Crippen LogP contribution in [0.5, 0.6) is 0 Å². The van der Waals surface area contributed by atoms with Crippen molar-refractivity contribution < 1.29 is 4.57 Å². The van der Waals surface area contributed by atoms with E-state index in [-0.39, 0.29) is 8.61 Å². The van der Waals surface area contributed by atoms with E-state index in [9.17, 15) is 4.57 Å². The predicted octanol–water partition coefficient (Wildman–Crippen LogP) is 0.214. The standard InChI is InChI=1S/H3N2OPS/c1-2(5)4-3/h5H,1H2. The van der Waals surface area contributed by atoms with Gasteiger partial charge in [0.1, 0.15) is 0 Å². The van der Waals surface area contributed by atoms with Crippen LogP contribution in [0.4, 0.5) is 0 Å². The monoisotopic (exact) mass is 110 g/mol. The Kier molecular flexibility index (Phi) is 2.79. The lowest BCUT2D eigenvalue weighted by atomic mass is 13.0. The lowest BCUT2D eigenvalue weighted by Gasteiger charge is -1.85. The number of rotatable bonds is 1. The first-order valence-electron chi connectivity index (χ1n) is 0.841. The quantitative estimate of drug-likeness (QED) is 0.219. The predicted molar refractivity (Wildman–Crippen MR) is 22.6 cm³/mol. The smallest absolute Gasteiger partial charge is 0.253 e. The first-order chi connectivity index (χ1) is 2.27. The van der Waals surface area contributed by atoms with Gasteiger partial charge >= 0.3 is 0 Å². The summed E-state index contributed by atoms with van der Waals surface area (Å²) in [7, 11) is -0.278. The number of hydrogen-bond acceptors (Lipinski definition) is 3. The molecule has 0 saturated heterocycles. The van der Waals surface area contributed by atoms with E-state index in [1.165, 1.54) is 0 Å². The SMILES string of the molecule is NN(S)P=O. The van der Waals surface area contributed by atoms with E-state index in [1.54, 1.807) is 0 Å². The zero-order chi connectivity index (χ0) is 4.28. The van der Waals surface area contributed by atoms with Crippen LogP contribution in [0.3, 0.4) is 0 Å². The molecule has 0 fully saturated rings. The van der Waals surface area contributed by atoms with Crippen molar-refractivity contribution in [3.8, 4) is 0 Å². The van der Waals surface area contributed by atoms with E-state index in [1.807, 2.05) is 0 Å². The minimum atomic E-state index is -0.278. The van der Waals surface area contributed by atoms with Crippen LogP contribution >= 0.6 is 21.4 Å². The van der Waals surface area contributed by atoms with Gasteiger partial charge in [-0.15, -0.1) is 4.18 Å². The summed E-state index contributed by atoms with van der Waals surface area (Å²) >= 11 is 3.38. The molecule has 0 aromatic carbocycles. The van der Waals surface area contributed by atoms with Crippen molar-refractivity contribution in [2.24, 2.45) is 5.84 Å². The fourth-order valence-corrected chi connectivity index (χ4v) is 0. The Balaban J connectivity index is 2.83. The summed E-state index contributed by atoms with van der Waals surface area (Å²) in [5, 5.41) is 0. The van der Waals surface area contributed by atoms with E-state index in [0.29, 0.717) is 0 Å². The molecule has 0 rings (SSSR count). The van der Waals surface area contributed by atoms with Gasteiger partial charge in [0, 0.05) is 0 Å². The maximum absolute atomic E-state index is 9.33. The molecule has 0 unspecified atom stereocenters. The number of hydrazine groups is 1. The molecule has 0 heterocycles. The summed E-state index contributed by atoms with van der Waals surface area (Å²) in [4.78, 5) is 0. The second-order valence-electron chi connectivity index (χ2n) is 0.402. The highest BCUT2D eigenvalue weighted by molar-refractivity contribution is 7.81. The van der Waals surface area contributed by atoms with Crippen molar-refractivity contribution in [3.63, 3.8) is 0 Å². The number of thiol groups is 1. The van der Waals surface area contributed by atoms with Gasteiger partial charge in [-0.25, -0.2) is 5.84 Å². The van der Waals surface area contributed by atoms with Gasteiger partial charge in [-0.2, -0.15) is 0 Å². The van der Waals surface area contributed by atoms with E-state index < -0.39 is 0 Å². The first kappa shape index (κ1) is 5.37. The molecule has 0 aliphatic rings. The van der Waals surface area contributed by atoms with Gasteiger partial charge in [0.15, 0.2) is 0 Å². The summed E-state index contributed by atoms with van der Waals surface area (Å²) in [5.74, 6) is 4.66. The van der Waals surface area contributed by atoms with Crippen LogP contribution in [0.2, 0.25) is 0 Å². The fourth-order valence-electron chi connectivity index (χ4n) is 0. The zero-order valence-corrected chi connectivity index (χ0v) is 4.12. The van der Waals surface area contributed by atoms with Crippen molar-refractivity contribution in [2.45, 2.75) is 0 Å². The molecule has 30 valence electrons. The molecule has 0 bridgehead atoms. The highest BCUT2D eigenvalue weighted by atomic mass is 32.1. The van der Waals surface area contributed by atoms with Crippen LogP contribution in [-0.4, -0.2) is 4.18 Å². The summed E-state index contributed by atoms with van der Waals surface area (Å²) in [6.45, 7) is 0. The van der Waals surface area contributed by atoms with E-state index in [4.69, 9.17) is 0 Å². The number of hydrogen-bond donors (Lipinski definition) is 2. The minimum Gasteiger partial charge on any atom is -0.253 e. The van der Waals surface area contributed by atoms with Crippen LogP contribution in [-0.2, 0) is 4.57 Å². The number of nitrogens with two attached hydrogens (primary N) is 1. The highest BCUT2D eigenvalue weighted by Crippen LogP contribution is 1.96. The van der Waals surface area contributed by atoms with Gasteiger partial charge in [0.05, 0.1) is 0 Å². The van der Waals surface area contributed by atoms with Gasteiger partial charge in [-0.1, -0.05) is 12.8 Å². The second-order valence-corrected chi connectivity index (χ2v) is 1.74. The van der Waals surface area contributed by atoms with Crippen molar-refractivity contribution in [1.29, 1.82) is 0 Å². The maximum atomic E-state index is 9.33. The number of nitrogens with zero attached hydrogens (tertiary/aromatic N) is 1. The molecule has 0 saturated carbocycles. The summed E-state index contributed by atoms with van der Waals surface area (Å²) in [5.41, 5.74) is 0. The Morgan fingerprint density at radius 3 is 2.20 bits per heavy atom. The molecule has 0 radical (unpaired) electrons. The molecule has 0 amide bonds. The largest absolute Gasteiger partial charge is 0.274 e. The third-order valence-electron chi connectivity index (χ3n) is 0.0837. The van der Waals surface area contributed by atoms with Crippen molar-refractivity contribution in [3.05, 3.63) is 0 Å². The molecule has 0 spiro atoms. The average molecular weight is 110 g/mol. The molecule has 0 aliphatic carbocycles. The Morgan fingerprint density at radius 1 is 2.00 bits per heavy atom. The first-order valence-corrected chi connectivity index (χ1v) is 2.01. The Hall–Kier alpha value is 0.370. The Bertz CT molecular complexity index is 36.6. The average Bonchev–Trinajstić information content (AvgIpc) is 1.38. The molecule has 0 aromatic rings. The lowest BCUT2D eigenvalue weighted by Crippen LogP contribution is -2.04. The Labute approximate surface area is 36.9 Å². The van der Waals surface area contributed by atoms with Crippen LogP contribution in [0.1, 0.15) is 0 Å². The van der Waals surface area contributed by atoms with Crippen molar-refractivity contribution in [1.82, 2.24) is 4.18 Å². The second kappa shape index (κ2) is 2.60. The van der Waals surface area contributed by atoms with Crippen LogP contribution in [0.15, 0.2) is 0 Å². The lowest BCUT2D eigenvalue weighted by molar-refractivity contribution is 0.575. The topological polar surface area (TPSA) is 46.3 Å². The van der Waals surface area contributed by atoms with Crippen molar-refractivity contribution in [2.75, 3.05) is 0 Å². The van der Waals surface area contributed by atoms with Crippen LogP contribution < -0.4 is 5.84 Å². The summed E-state index contributed by atoms with van der Waals surface area (Å²) in [6.07, 6.45) is 0. The van der Waals surface area contributed by atoms with Crippen LogP contribution in [0.25, 0.3) is 0 Å². The van der Waals surface area contributed by atoms with Crippen molar-refractivity contribution >= 4 is 21.4 Å². The molecule has 0 aliphatic heterocycles. The molecule has 0 atom stereocenters. The zero-order valence-electron chi connectivity index (χ0n) is 2.33. The highest BCUT2D eigenvalue weighted by Gasteiger charge is 1.76. The van der Waals surface area contributed by atoms with Crippen LogP contribution in [0, 0.1) is 0 Å². The van der Waals surface area contributed by atoms with Gasteiger partial charge < -0.3 is 0 Å². The van der Waals surface area contributed by atoms with Gasteiger partial charge in [-0.05, 0) is 0 Å². The molecule has 5 heavy (non-hydrogen) atoms.